The van der Waals surface area contributed by atoms with E-state index < -0.39 is 24.7 Å². The normalized spacial score (nSPS) is 48.1. The molecule has 162 valence electrons. The van der Waals surface area contributed by atoms with Gasteiger partial charge in [-0.15, -0.1) is 11.8 Å². The van der Waals surface area contributed by atoms with Crippen LogP contribution in [0.25, 0.3) is 0 Å². The van der Waals surface area contributed by atoms with Crippen LogP contribution in [0.1, 0.15) is 86.3 Å². The molecule has 0 spiro atoms. The summed E-state index contributed by atoms with van der Waals surface area (Å²) in [6.45, 7) is 6.21. The topological polar surface area (TPSA) is 33.3 Å². The Kier molecular flexibility index (Phi) is 4.03. The lowest BCUT2D eigenvalue weighted by Crippen LogP contribution is -2.47. The lowest BCUT2D eigenvalue weighted by Gasteiger charge is -2.37. The van der Waals surface area contributed by atoms with E-state index in [1.165, 1.54) is 10.5 Å². The van der Waals surface area contributed by atoms with E-state index in [9.17, 15) is 0 Å². The first-order valence-corrected chi connectivity index (χ1v) is 12.5. The summed E-state index contributed by atoms with van der Waals surface area (Å²) in [5.74, 6) is 1.73. The van der Waals surface area contributed by atoms with Crippen LogP contribution in [0.15, 0.2) is 22.3 Å². The minimum absolute atomic E-state index is 0.0307. The summed E-state index contributed by atoms with van der Waals surface area (Å²) in [6, 6.07) is -0.300. The van der Waals surface area contributed by atoms with E-state index in [0.717, 1.165) is 37.9 Å². The molecule has 3 fully saturated rings. The Hall–Kier alpha value is -0.450. The zero-order valence-corrected chi connectivity index (χ0v) is 19.1. The number of fused-ring (bicyclic) bond motifs is 4. The number of allylic oxidation sites excluding steroid dienone is 1. The Bertz CT molecular complexity index is 880. The number of ether oxygens (including phenoxy) is 1. The van der Waals surface area contributed by atoms with Gasteiger partial charge in [0.1, 0.15) is 5.76 Å². The molecular weight excluding hydrogens is 376 g/mol. The van der Waals surface area contributed by atoms with Gasteiger partial charge in [0.2, 0.25) is 0 Å². The largest absolute Gasteiger partial charge is 0.479 e. The molecule has 0 aromatic carbocycles. The second kappa shape index (κ2) is 7.60. The number of nitrogens with one attached hydrogen (secondary N) is 2. The van der Waals surface area contributed by atoms with Crippen LogP contribution in [-0.2, 0) is 4.74 Å². The second-order valence-electron chi connectivity index (χ2n) is 10.7. The van der Waals surface area contributed by atoms with E-state index in [1.54, 1.807) is 0 Å². The van der Waals surface area contributed by atoms with Crippen LogP contribution in [0.5, 0.6) is 0 Å². The van der Waals surface area contributed by atoms with Gasteiger partial charge < -0.3 is 10.1 Å². The highest BCUT2D eigenvalue weighted by Crippen LogP contribution is 2.51. The molecule has 0 bridgehead atoms. The molecule has 0 amide bonds. The number of rotatable bonds is 2. The molecule has 4 aliphatic heterocycles. The molecule has 4 heterocycles. The third-order valence-corrected chi connectivity index (χ3v) is 8.74. The monoisotopic (exact) mass is 421 g/mol. The Morgan fingerprint density at radius 1 is 1.28 bits per heavy atom. The first-order valence-electron chi connectivity index (χ1n) is 14.1. The molecule has 0 aromatic rings. The molecule has 0 radical (unpaired) electrons. The standard InChI is InChI=1S/C25H40N2OS/c1-14-9-10-17-16-7-6-8-18(23(16)28-24(17)26-14)20-11-12-21-22(27-20)19(15(2)29-21)13-25(3,4)5/h12,14-17,19-20,22,24,26-27H,6-11,13H2,1-5H3/t14-,15?,16+,17?,19-,20-,22?,24?/m1/s1/i1D3,13D2. The van der Waals surface area contributed by atoms with Crippen molar-refractivity contribution < 1.29 is 11.6 Å². The van der Waals surface area contributed by atoms with E-state index in [2.05, 4.69) is 23.6 Å². The average molecular weight is 422 g/mol. The molecular formula is C25H40N2OS. The highest BCUT2D eigenvalue weighted by atomic mass is 32.2. The summed E-state index contributed by atoms with van der Waals surface area (Å²) in [5.41, 5.74) is 0.900. The molecule has 8 atom stereocenters. The van der Waals surface area contributed by atoms with E-state index in [0.29, 0.717) is 18.3 Å². The minimum atomic E-state index is -2.00. The maximum absolute atomic E-state index is 9.03. The van der Waals surface area contributed by atoms with E-state index in [-0.39, 0.29) is 29.5 Å². The highest BCUT2D eigenvalue weighted by molar-refractivity contribution is 8.04. The molecule has 0 aromatic heterocycles. The third kappa shape index (κ3) is 3.83. The van der Waals surface area contributed by atoms with Crippen LogP contribution < -0.4 is 10.6 Å². The quantitative estimate of drug-likeness (QED) is 0.609. The van der Waals surface area contributed by atoms with Gasteiger partial charge in [0, 0.05) is 42.1 Å². The lowest BCUT2D eigenvalue weighted by molar-refractivity contribution is 0.0574. The van der Waals surface area contributed by atoms with Crippen molar-refractivity contribution in [2.75, 3.05) is 0 Å². The predicted molar refractivity (Wildman–Crippen MR) is 123 cm³/mol. The van der Waals surface area contributed by atoms with Gasteiger partial charge in [-0.2, -0.15) is 0 Å². The first kappa shape index (κ1) is 15.4. The zero-order chi connectivity index (χ0) is 24.6. The molecule has 3 saturated heterocycles. The fourth-order valence-electron chi connectivity index (χ4n) is 6.14. The van der Waals surface area contributed by atoms with Gasteiger partial charge in [-0.25, -0.2) is 0 Å². The van der Waals surface area contributed by atoms with Crippen molar-refractivity contribution in [3.05, 3.63) is 22.3 Å². The molecule has 5 rings (SSSR count). The fraction of sp³-hybridized carbons (Fsp3) is 0.840. The van der Waals surface area contributed by atoms with Crippen molar-refractivity contribution in [2.24, 2.45) is 23.2 Å². The van der Waals surface area contributed by atoms with Gasteiger partial charge in [-0.3, -0.25) is 5.32 Å². The molecule has 29 heavy (non-hydrogen) atoms. The van der Waals surface area contributed by atoms with Crippen molar-refractivity contribution in [1.82, 2.24) is 10.6 Å². The smallest absolute Gasteiger partial charge is 0.153 e. The number of piperidine rings is 1. The van der Waals surface area contributed by atoms with Crippen LogP contribution in [0.4, 0.5) is 0 Å². The molecule has 4 heteroatoms. The predicted octanol–water partition coefficient (Wildman–Crippen LogP) is 5.59. The van der Waals surface area contributed by atoms with Crippen molar-refractivity contribution in [3.63, 3.8) is 0 Å². The summed E-state index contributed by atoms with van der Waals surface area (Å²) < 4.78 is 48.1. The fourth-order valence-corrected chi connectivity index (χ4v) is 7.50. The summed E-state index contributed by atoms with van der Waals surface area (Å²) in [5, 5.41) is 7.43. The molecule has 3 nitrogen and oxygen atoms in total. The van der Waals surface area contributed by atoms with Crippen molar-refractivity contribution in [1.29, 1.82) is 0 Å². The van der Waals surface area contributed by atoms with Crippen LogP contribution in [0.3, 0.4) is 0 Å². The zero-order valence-electron chi connectivity index (χ0n) is 23.3. The van der Waals surface area contributed by atoms with Crippen LogP contribution >= 0.6 is 11.8 Å². The van der Waals surface area contributed by atoms with Gasteiger partial charge in [0.05, 0.1) is 0 Å². The number of thioether (sulfide) groups is 1. The molecule has 2 N–H and O–H groups in total. The summed E-state index contributed by atoms with van der Waals surface area (Å²) >= 11 is 1.84. The van der Waals surface area contributed by atoms with Crippen molar-refractivity contribution in [2.45, 2.75) is 109 Å². The Morgan fingerprint density at radius 2 is 2.14 bits per heavy atom. The molecule has 0 saturated carbocycles. The summed E-state index contributed by atoms with van der Waals surface area (Å²) in [6.07, 6.45) is 6.57. The first-order chi connectivity index (χ1) is 15.8. The van der Waals surface area contributed by atoms with Crippen LogP contribution in [-0.4, -0.2) is 29.6 Å². The molecule has 5 aliphatic rings. The summed E-state index contributed by atoms with van der Waals surface area (Å²) in [4.78, 5) is 1.29. The summed E-state index contributed by atoms with van der Waals surface area (Å²) in [7, 11) is 0. The molecule has 1 aliphatic carbocycles. The maximum atomic E-state index is 9.03. The van der Waals surface area contributed by atoms with Crippen LogP contribution in [0.2, 0.25) is 0 Å². The second-order valence-corrected chi connectivity index (χ2v) is 12.1. The van der Waals surface area contributed by atoms with Crippen molar-refractivity contribution in [3.8, 4) is 0 Å². The van der Waals surface area contributed by atoms with Gasteiger partial charge in [-0.1, -0.05) is 33.8 Å². The third-order valence-electron chi connectivity index (χ3n) is 7.38. The molecule has 4 unspecified atom stereocenters. The highest BCUT2D eigenvalue weighted by Gasteiger charge is 2.48. The maximum Gasteiger partial charge on any atom is 0.153 e. The number of hydrogen-bond donors (Lipinski definition) is 2. The van der Waals surface area contributed by atoms with E-state index in [1.807, 2.05) is 32.5 Å². The lowest BCUT2D eigenvalue weighted by atomic mass is 9.75. The van der Waals surface area contributed by atoms with Gasteiger partial charge in [-0.05, 0) is 73.6 Å². The van der Waals surface area contributed by atoms with Crippen molar-refractivity contribution >= 4 is 11.8 Å². The van der Waals surface area contributed by atoms with Gasteiger partial charge in [0.25, 0.3) is 0 Å². The Balaban J connectivity index is 1.40. The SMILES string of the molecule is [2H]C([2H])([2H])[C@@H]1CCC2C(N1)OC1=C([C@H]3CC=C4SC(C)[C@@H](C([2H])([2H])C(C)(C)C)C4N3)CCC[C@H]12. The average Bonchev–Trinajstić information content (AvgIpc) is 3.27. The van der Waals surface area contributed by atoms with E-state index >= 15 is 0 Å². The van der Waals surface area contributed by atoms with Gasteiger partial charge in [0.15, 0.2) is 6.23 Å². The number of hydrogen-bond acceptors (Lipinski definition) is 4. The van der Waals surface area contributed by atoms with Crippen LogP contribution in [0, 0.1) is 23.2 Å². The van der Waals surface area contributed by atoms with Gasteiger partial charge >= 0.3 is 0 Å². The minimum Gasteiger partial charge on any atom is -0.479 e. The van der Waals surface area contributed by atoms with E-state index in [4.69, 9.17) is 11.6 Å². The Labute approximate surface area is 188 Å². The Morgan fingerprint density at radius 3 is 2.93 bits per heavy atom.